The van der Waals surface area contributed by atoms with Gasteiger partial charge < -0.3 is 21.9 Å². The van der Waals surface area contributed by atoms with E-state index in [4.69, 9.17) is 21.9 Å². The van der Waals surface area contributed by atoms with E-state index in [9.17, 15) is 4.79 Å². The van der Waals surface area contributed by atoms with Gasteiger partial charge in [0, 0.05) is 28.6 Å². The third-order valence-electron chi connectivity index (χ3n) is 5.36. The highest BCUT2D eigenvalue weighted by atomic mass is 16.5. The molecular weight excluding hydrogens is 374 g/mol. The van der Waals surface area contributed by atoms with Crippen molar-refractivity contribution in [3.05, 3.63) is 28.8 Å². The summed E-state index contributed by atoms with van der Waals surface area (Å²) < 4.78 is 5.81. The van der Waals surface area contributed by atoms with Crippen LogP contribution in [0.25, 0.3) is 0 Å². The molecule has 30 heavy (non-hydrogen) atoms. The van der Waals surface area contributed by atoms with Gasteiger partial charge >= 0.3 is 5.97 Å². The number of rotatable bonds is 12. The van der Waals surface area contributed by atoms with Crippen molar-refractivity contribution in [2.75, 3.05) is 0 Å². The zero-order valence-electron chi connectivity index (χ0n) is 20.4. The second-order valence-electron chi connectivity index (χ2n) is 10.4. The first-order chi connectivity index (χ1) is 13.7. The lowest BCUT2D eigenvalue weighted by Gasteiger charge is -2.36. The van der Waals surface area contributed by atoms with Crippen LogP contribution >= 0.6 is 0 Å². The van der Waals surface area contributed by atoms with Crippen molar-refractivity contribution in [3.8, 4) is 5.75 Å². The quantitative estimate of drug-likeness (QED) is 0.242. The number of ether oxygens (including phenoxy) is 1. The zero-order valence-corrected chi connectivity index (χ0v) is 20.4. The molecule has 0 amide bonds. The van der Waals surface area contributed by atoms with E-state index in [1.165, 1.54) is 32.1 Å². The predicted octanol–water partition coefficient (Wildman–Crippen LogP) is 5.31. The Bertz CT molecular complexity index is 692. The van der Waals surface area contributed by atoms with Crippen molar-refractivity contribution in [2.24, 2.45) is 17.2 Å². The van der Waals surface area contributed by atoms with Crippen LogP contribution in [0.15, 0.2) is 12.1 Å². The van der Waals surface area contributed by atoms with Gasteiger partial charge in [0.2, 0.25) is 0 Å². The van der Waals surface area contributed by atoms with Crippen LogP contribution < -0.4 is 21.9 Å². The molecule has 0 aromatic heterocycles. The van der Waals surface area contributed by atoms with Crippen LogP contribution in [0, 0.1) is 0 Å². The molecule has 0 aliphatic heterocycles. The summed E-state index contributed by atoms with van der Waals surface area (Å²) >= 11 is 0. The van der Waals surface area contributed by atoms with Gasteiger partial charge in [-0.25, -0.2) is 0 Å². The fourth-order valence-corrected chi connectivity index (χ4v) is 3.91. The largest absolute Gasteiger partial charge is 0.426 e. The molecule has 0 aliphatic rings. The van der Waals surface area contributed by atoms with Gasteiger partial charge in [0.1, 0.15) is 5.75 Å². The topological polar surface area (TPSA) is 104 Å². The molecule has 0 saturated carbocycles. The molecule has 0 bridgehead atoms. The molecular formula is C25H45N3O2. The van der Waals surface area contributed by atoms with E-state index >= 15 is 0 Å². The Morgan fingerprint density at radius 3 is 1.73 bits per heavy atom. The van der Waals surface area contributed by atoms with Gasteiger partial charge in [0.25, 0.3) is 0 Å². The summed E-state index contributed by atoms with van der Waals surface area (Å²) in [6, 6.07) is 3.72. The number of carbonyl (C=O) groups excluding carboxylic acids is 1. The van der Waals surface area contributed by atoms with Gasteiger partial charge in [0.05, 0.1) is 0 Å². The van der Waals surface area contributed by atoms with Crippen molar-refractivity contribution < 1.29 is 9.53 Å². The van der Waals surface area contributed by atoms with E-state index in [1.807, 2.05) is 53.7 Å². The van der Waals surface area contributed by atoms with Gasteiger partial charge in [-0.05, 0) is 65.2 Å². The van der Waals surface area contributed by atoms with Crippen molar-refractivity contribution >= 4 is 5.97 Å². The molecule has 1 rings (SSSR count). The molecule has 0 heterocycles. The first-order valence-electron chi connectivity index (χ1n) is 11.4. The fraction of sp³-hybridized carbons (Fsp3) is 0.720. The molecule has 0 aliphatic carbocycles. The Kier molecular flexibility index (Phi) is 9.52. The molecule has 6 N–H and O–H groups in total. The number of hydrogen-bond acceptors (Lipinski definition) is 5. The van der Waals surface area contributed by atoms with Crippen LogP contribution in [0.4, 0.5) is 0 Å². The first-order valence-corrected chi connectivity index (χ1v) is 11.4. The minimum atomic E-state index is -0.748. The van der Waals surface area contributed by atoms with Gasteiger partial charge in [-0.15, -0.1) is 0 Å². The van der Waals surface area contributed by atoms with Gasteiger partial charge in [0.15, 0.2) is 0 Å². The average molecular weight is 420 g/mol. The van der Waals surface area contributed by atoms with Crippen molar-refractivity contribution in [2.45, 2.75) is 116 Å². The van der Waals surface area contributed by atoms with Crippen LogP contribution in [0.1, 0.15) is 117 Å². The highest BCUT2D eigenvalue weighted by Gasteiger charge is 2.35. The molecule has 0 saturated heterocycles. The molecule has 5 nitrogen and oxygen atoms in total. The van der Waals surface area contributed by atoms with E-state index in [-0.39, 0.29) is 5.97 Å². The summed E-state index contributed by atoms with van der Waals surface area (Å²) in [4.78, 5) is 12.6. The smallest absolute Gasteiger partial charge is 0.311 e. The van der Waals surface area contributed by atoms with Crippen LogP contribution in [-0.4, -0.2) is 5.97 Å². The molecule has 172 valence electrons. The fourth-order valence-electron chi connectivity index (χ4n) is 3.91. The van der Waals surface area contributed by atoms with Crippen molar-refractivity contribution in [3.63, 3.8) is 0 Å². The summed E-state index contributed by atoms with van der Waals surface area (Å²) in [5, 5.41) is 0. The van der Waals surface area contributed by atoms with Crippen LogP contribution in [0.2, 0.25) is 0 Å². The van der Waals surface area contributed by atoms with Crippen LogP contribution in [0.3, 0.4) is 0 Å². The van der Waals surface area contributed by atoms with Crippen LogP contribution in [-0.2, 0) is 21.4 Å². The minimum absolute atomic E-state index is 0.227. The Labute approximate surface area is 184 Å². The molecule has 0 radical (unpaired) electrons. The van der Waals surface area contributed by atoms with E-state index in [0.717, 1.165) is 29.5 Å². The summed E-state index contributed by atoms with van der Waals surface area (Å²) in [6.07, 6.45) is 8.51. The van der Waals surface area contributed by atoms with Gasteiger partial charge in [-0.2, -0.15) is 0 Å². The highest BCUT2D eigenvalue weighted by molar-refractivity contribution is 5.73. The second-order valence-corrected chi connectivity index (χ2v) is 10.4. The molecule has 1 aromatic rings. The van der Waals surface area contributed by atoms with E-state index in [1.54, 1.807) is 0 Å². The molecule has 5 heteroatoms. The Morgan fingerprint density at radius 1 is 0.767 bits per heavy atom. The minimum Gasteiger partial charge on any atom is -0.426 e. The van der Waals surface area contributed by atoms with Crippen LogP contribution in [0.5, 0.6) is 5.75 Å². The SMILES string of the molecule is CCCCCCCCCC(=O)Oc1ccc(C(C)(C)N)c(C(C)(C)N)c1C(C)(C)N. The number of hydrogen-bond donors (Lipinski definition) is 3. The maximum absolute atomic E-state index is 12.6. The molecule has 0 unspecified atom stereocenters. The summed E-state index contributed by atoms with van der Waals surface area (Å²) in [5.41, 5.74) is 20.0. The van der Waals surface area contributed by atoms with Crippen molar-refractivity contribution in [1.29, 1.82) is 0 Å². The third-order valence-corrected chi connectivity index (χ3v) is 5.36. The zero-order chi connectivity index (χ0) is 23.2. The monoisotopic (exact) mass is 419 g/mol. The average Bonchev–Trinajstić information content (AvgIpc) is 2.57. The second kappa shape index (κ2) is 10.7. The Hall–Kier alpha value is -1.43. The maximum Gasteiger partial charge on any atom is 0.311 e. The van der Waals surface area contributed by atoms with Crippen molar-refractivity contribution in [1.82, 2.24) is 0 Å². The summed E-state index contributed by atoms with van der Waals surface area (Å²) in [6.45, 7) is 13.8. The first kappa shape index (κ1) is 26.6. The van der Waals surface area contributed by atoms with E-state index < -0.39 is 16.6 Å². The maximum atomic E-state index is 12.6. The summed E-state index contributed by atoms with van der Waals surface area (Å²) in [5.74, 6) is 0.256. The number of carbonyl (C=O) groups is 1. The molecule has 0 spiro atoms. The third kappa shape index (κ3) is 8.01. The standard InChI is InChI=1S/C25H45N3O2/c1-8-9-10-11-12-13-14-15-20(29)30-19-17-16-18(23(2,3)26)21(24(4,5)27)22(19)25(6,7)28/h16-17H,8-15,26-28H2,1-7H3. The Morgan fingerprint density at radius 2 is 1.27 bits per heavy atom. The number of nitrogens with two attached hydrogens (primary N) is 3. The molecule has 1 aromatic carbocycles. The van der Waals surface area contributed by atoms with E-state index in [0.29, 0.717) is 12.2 Å². The molecule has 0 fully saturated rings. The Balaban J connectivity index is 3.07. The van der Waals surface area contributed by atoms with E-state index in [2.05, 4.69) is 6.92 Å². The van der Waals surface area contributed by atoms with Gasteiger partial charge in [-0.3, -0.25) is 4.79 Å². The van der Waals surface area contributed by atoms with Gasteiger partial charge in [-0.1, -0.05) is 51.5 Å². The lowest BCUT2D eigenvalue weighted by Crippen LogP contribution is -2.42. The predicted molar refractivity (Wildman–Crippen MR) is 126 cm³/mol. The lowest BCUT2D eigenvalue weighted by atomic mass is 9.75. The highest BCUT2D eigenvalue weighted by Crippen LogP contribution is 2.41. The number of benzene rings is 1. The number of esters is 1. The summed E-state index contributed by atoms with van der Waals surface area (Å²) in [7, 11) is 0. The normalized spacial score (nSPS) is 12.9. The molecule has 0 atom stereocenters. The number of unbranched alkanes of at least 4 members (excludes halogenated alkanes) is 6. The lowest BCUT2D eigenvalue weighted by molar-refractivity contribution is -0.134.